The predicted molar refractivity (Wildman–Crippen MR) is 40.3 cm³/mol. The Kier molecular flexibility index (Phi) is 6.06. The van der Waals surface area contributed by atoms with E-state index in [4.69, 9.17) is 4.74 Å². The Hall–Kier alpha value is -0.0400. The normalized spacial score (nSPS) is 13.7. The van der Waals surface area contributed by atoms with Crippen LogP contribution in [0.2, 0.25) is 0 Å². The molecule has 0 N–H and O–H groups in total. The van der Waals surface area contributed by atoms with Gasteiger partial charge in [-0.3, -0.25) is 0 Å². The van der Waals surface area contributed by atoms with Crippen LogP contribution in [0.1, 0.15) is 33.1 Å². The van der Waals surface area contributed by atoms with Crippen LogP contribution in [0.4, 0.5) is 0 Å². The number of hydrogen-bond donors (Lipinski definition) is 0. The molecule has 1 radical (unpaired) electrons. The van der Waals surface area contributed by atoms with Crippen LogP contribution < -0.4 is 0 Å². The molecule has 0 aromatic carbocycles. The highest BCUT2D eigenvalue weighted by molar-refractivity contribution is 4.67. The maximum atomic E-state index is 5.17. The summed E-state index contributed by atoms with van der Waals surface area (Å²) in [4.78, 5) is 0. The topological polar surface area (TPSA) is 9.23 Å². The fraction of sp³-hybridized carbons (Fsp3) is 0.875. The fourth-order valence-electron chi connectivity index (χ4n) is 0.782. The Morgan fingerprint density at radius 3 is 2.44 bits per heavy atom. The molecule has 0 aromatic heterocycles. The van der Waals surface area contributed by atoms with Gasteiger partial charge in [0.2, 0.25) is 0 Å². The SMILES string of the molecule is CC[CH]CC(CC)OC. The summed E-state index contributed by atoms with van der Waals surface area (Å²) in [5.74, 6) is 0. The Bertz CT molecular complexity index is 48.5. The van der Waals surface area contributed by atoms with Gasteiger partial charge in [0.05, 0.1) is 6.10 Å². The van der Waals surface area contributed by atoms with E-state index in [2.05, 4.69) is 20.3 Å². The first-order valence-corrected chi connectivity index (χ1v) is 3.69. The Labute approximate surface area is 58.4 Å². The summed E-state index contributed by atoms with van der Waals surface area (Å²) in [6, 6.07) is 0. The van der Waals surface area contributed by atoms with E-state index >= 15 is 0 Å². The van der Waals surface area contributed by atoms with Crippen molar-refractivity contribution in [2.24, 2.45) is 0 Å². The van der Waals surface area contributed by atoms with Crippen LogP contribution in [-0.4, -0.2) is 13.2 Å². The van der Waals surface area contributed by atoms with E-state index in [0.29, 0.717) is 6.10 Å². The predicted octanol–water partition coefficient (Wildman–Crippen LogP) is 2.42. The summed E-state index contributed by atoms with van der Waals surface area (Å²) in [5, 5.41) is 0. The molecule has 0 spiro atoms. The summed E-state index contributed by atoms with van der Waals surface area (Å²) < 4.78 is 5.17. The van der Waals surface area contributed by atoms with Gasteiger partial charge in [0, 0.05) is 7.11 Å². The molecule has 0 fully saturated rings. The van der Waals surface area contributed by atoms with Gasteiger partial charge in [0.25, 0.3) is 0 Å². The largest absolute Gasteiger partial charge is 0.381 e. The minimum atomic E-state index is 0.449. The van der Waals surface area contributed by atoms with Gasteiger partial charge in [-0.1, -0.05) is 20.3 Å². The molecule has 1 nitrogen and oxygen atoms in total. The van der Waals surface area contributed by atoms with Crippen molar-refractivity contribution in [1.29, 1.82) is 0 Å². The third kappa shape index (κ3) is 4.46. The van der Waals surface area contributed by atoms with E-state index in [1.807, 2.05) is 0 Å². The van der Waals surface area contributed by atoms with Crippen molar-refractivity contribution in [3.63, 3.8) is 0 Å². The first-order valence-electron chi connectivity index (χ1n) is 3.69. The van der Waals surface area contributed by atoms with E-state index < -0.39 is 0 Å². The molecule has 0 saturated heterocycles. The van der Waals surface area contributed by atoms with Crippen molar-refractivity contribution >= 4 is 0 Å². The number of unbranched alkanes of at least 4 members (excludes halogenated alkanes) is 1. The first kappa shape index (κ1) is 8.96. The van der Waals surface area contributed by atoms with Crippen molar-refractivity contribution in [2.75, 3.05) is 7.11 Å². The van der Waals surface area contributed by atoms with Crippen LogP contribution in [0.3, 0.4) is 0 Å². The molecule has 0 bridgehead atoms. The Morgan fingerprint density at radius 1 is 1.44 bits per heavy atom. The molecule has 0 aliphatic heterocycles. The van der Waals surface area contributed by atoms with Crippen molar-refractivity contribution in [1.82, 2.24) is 0 Å². The monoisotopic (exact) mass is 129 g/mol. The minimum absolute atomic E-state index is 0.449. The van der Waals surface area contributed by atoms with Crippen LogP contribution in [-0.2, 0) is 4.74 Å². The van der Waals surface area contributed by atoms with Crippen LogP contribution >= 0.6 is 0 Å². The highest BCUT2D eigenvalue weighted by Gasteiger charge is 2.01. The van der Waals surface area contributed by atoms with Gasteiger partial charge < -0.3 is 4.74 Å². The van der Waals surface area contributed by atoms with E-state index in [1.165, 1.54) is 0 Å². The lowest BCUT2D eigenvalue weighted by molar-refractivity contribution is 0.0984. The van der Waals surface area contributed by atoms with Gasteiger partial charge in [-0.25, -0.2) is 0 Å². The second-order valence-electron chi connectivity index (χ2n) is 2.20. The lowest BCUT2D eigenvalue weighted by Crippen LogP contribution is -2.08. The summed E-state index contributed by atoms with van der Waals surface area (Å²) in [5.41, 5.74) is 0. The lowest BCUT2D eigenvalue weighted by Gasteiger charge is -2.10. The summed E-state index contributed by atoms with van der Waals surface area (Å²) >= 11 is 0. The molecule has 1 unspecified atom stereocenters. The number of hydrogen-bond acceptors (Lipinski definition) is 1. The molecule has 0 aromatic rings. The van der Waals surface area contributed by atoms with E-state index in [9.17, 15) is 0 Å². The van der Waals surface area contributed by atoms with E-state index in [1.54, 1.807) is 7.11 Å². The molecule has 0 heterocycles. The number of rotatable bonds is 5. The molecular formula is C8H17O. The van der Waals surface area contributed by atoms with Crippen molar-refractivity contribution in [2.45, 2.75) is 39.2 Å². The maximum Gasteiger partial charge on any atom is 0.0571 e. The van der Waals surface area contributed by atoms with Gasteiger partial charge in [-0.15, -0.1) is 0 Å². The second-order valence-corrected chi connectivity index (χ2v) is 2.20. The van der Waals surface area contributed by atoms with Crippen molar-refractivity contribution in [3.8, 4) is 0 Å². The molecule has 0 amide bonds. The Balaban J connectivity index is 3.09. The van der Waals surface area contributed by atoms with Gasteiger partial charge in [0.15, 0.2) is 0 Å². The molecule has 0 rings (SSSR count). The quantitative estimate of drug-likeness (QED) is 0.554. The van der Waals surface area contributed by atoms with Crippen LogP contribution in [0.15, 0.2) is 0 Å². The van der Waals surface area contributed by atoms with Crippen molar-refractivity contribution in [3.05, 3.63) is 6.42 Å². The summed E-state index contributed by atoms with van der Waals surface area (Å²) in [6.45, 7) is 4.31. The molecule has 1 heteroatoms. The molecular weight excluding hydrogens is 112 g/mol. The lowest BCUT2D eigenvalue weighted by atomic mass is 10.1. The van der Waals surface area contributed by atoms with E-state index in [0.717, 1.165) is 19.3 Å². The molecule has 55 valence electrons. The standard InChI is InChI=1S/C8H17O/c1-4-6-7-8(5-2)9-3/h6,8H,4-5,7H2,1-3H3. The van der Waals surface area contributed by atoms with Gasteiger partial charge in [-0.05, 0) is 19.3 Å². The molecule has 0 aliphatic rings. The zero-order valence-electron chi connectivity index (χ0n) is 6.68. The van der Waals surface area contributed by atoms with Crippen LogP contribution in [0.25, 0.3) is 0 Å². The molecule has 9 heavy (non-hydrogen) atoms. The van der Waals surface area contributed by atoms with Gasteiger partial charge in [0.1, 0.15) is 0 Å². The van der Waals surface area contributed by atoms with E-state index in [-0.39, 0.29) is 0 Å². The van der Waals surface area contributed by atoms with Crippen LogP contribution in [0, 0.1) is 6.42 Å². The molecule has 0 saturated carbocycles. The minimum Gasteiger partial charge on any atom is -0.381 e. The maximum absolute atomic E-state index is 5.17. The Morgan fingerprint density at radius 2 is 2.11 bits per heavy atom. The highest BCUT2D eigenvalue weighted by atomic mass is 16.5. The van der Waals surface area contributed by atoms with Crippen molar-refractivity contribution < 1.29 is 4.74 Å². The average Bonchev–Trinajstić information content (AvgIpc) is 1.91. The highest BCUT2D eigenvalue weighted by Crippen LogP contribution is 2.05. The number of methoxy groups -OCH3 is 1. The third-order valence-electron chi connectivity index (χ3n) is 1.51. The first-order chi connectivity index (χ1) is 4.35. The number of ether oxygens (including phenoxy) is 1. The zero-order valence-corrected chi connectivity index (χ0v) is 6.68. The van der Waals surface area contributed by atoms with Crippen LogP contribution in [0.5, 0.6) is 0 Å². The van der Waals surface area contributed by atoms with Gasteiger partial charge in [-0.2, -0.15) is 0 Å². The third-order valence-corrected chi connectivity index (χ3v) is 1.51. The smallest absolute Gasteiger partial charge is 0.0571 e. The second kappa shape index (κ2) is 6.09. The molecule has 0 aliphatic carbocycles. The summed E-state index contributed by atoms with van der Waals surface area (Å²) in [7, 11) is 1.78. The van der Waals surface area contributed by atoms with Gasteiger partial charge >= 0.3 is 0 Å². The zero-order chi connectivity index (χ0) is 7.11. The summed E-state index contributed by atoms with van der Waals surface area (Å²) in [6.07, 6.45) is 6.08. The fourth-order valence-corrected chi connectivity index (χ4v) is 0.782. The molecule has 1 atom stereocenters. The average molecular weight is 129 g/mol.